The molecule has 0 unspecified atom stereocenters. The highest BCUT2D eigenvalue weighted by Gasteiger charge is 2.09. The molecule has 0 fully saturated rings. The molecule has 2 N–H and O–H groups in total. The van der Waals surface area contributed by atoms with Crippen LogP contribution in [-0.2, 0) is 0 Å². The number of hydrogen-bond acceptors (Lipinski definition) is 1. The maximum atomic E-state index is 13.0. The number of nitrogens with zero attached hydrogens (tertiary/aromatic N) is 1. The van der Waals surface area contributed by atoms with Gasteiger partial charge in [-0.2, -0.15) is 0 Å². The lowest BCUT2D eigenvalue weighted by Crippen LogP contribution is -2.15. The molecule has 4 heteroatoms. The molecule has 12 heavy (non-hydrogen) atoms. The molecule has 0 aliphatic heterocycles. The predicted molar refractivity (Wildman–Crippen MR) is 48.1 cm³/mol. The molecule has 0 aliphatic rings. The third-order valence-electron chi connectivity index (χ3n) is 1.46. The van der Waals surface area contributed by atoms with Crippen molar-refractivity contribution in [1.82, 2.24) is 0 Å². The predicted octanol–water partition coefficient (Wildman–Crippen LogP) is 1.81. The van der Waals surface area contributed by atoms with Crippen LogP contribution in [0.25, 0.3) is 0 Å². The van der Waals surface area contributed by atoms with Gasteiger partial charge in [0.25, 0.3) is 0 Å². The summed E-state index contributed by atoms with van der Waals surface area (Å²) in [7, 11) is 1.48. The number of benzene rings is 1. The molecule has 1 aromatic rings. The molecule has 0 radical (unpaired) electrons. The molecule has 0 bridgehead atoms. The molecule has 0 spiro atoms. The number of nitrogens with two attached hydrogens (primary N) is 1. The zero-order chi connectivity index (χ0) is 9.14. The van der Waals surface area contributed by atoms with Crippen LogP contribution in [0.1, 0.15) is 5.56 Å². The fraction of sp³-hybridized carbons (Fsp3) is 0.125. The Morgan fingerprint density at radius 1 is 1.58 bits per heavy atom. The van der Waals surface area contributed by atoms with E-state index in [2.05, 4.69) is 4.99 Å². The molecular weight excluding hydrogens is 179 g/mol. The van der Waals surface area contributed by atoms with E-state index in [0.717, 1.165) is 0 Å². The Kier molecular flexibility index (Phi) is 2.65. The van der Waals surface area contributed by atoms with E-state index in [9.17, 15) is 4.39 Å². The molecule has 0 saturated carbocycles. The lowest BCUT2D eigenvalue weighted by molar-refractivity contribution is 0.625. The number of amidine groups is 1. The van der Waals surface area contributed by atoms with Crippen LogP contribution in [0.2, 0.25) is 5.02 Å². The third kappa shape index (κ3) is 1.56. The highest BCUT2D eigenvalue weighted by atomic mass is 35.5. The molecule has 0 aromatic heterocycles. The lowest BCUT2D eigenvalue weighted by Gasteiger charge is -2.03. The maximum Gasteiger partial charge on any atom is 0.135 e. The van der Waals surface area contributed by atoms with Gasteiger partial charge in [-0.05, 0) is 12.1 Å². The second kappa shape index (κ2) is 3.54. The van der Waals surface area contributed by atoms with E-state index >= 15 is 0 Å². The van der Waals surface area contributed by atoms with Crippen molar-refractivity contribution in [2.45, 2.75) is 0 Å². The van der Waals surface area contributed by atoms with Crippen molar-refractivity contribution < 1.29 is 4.39 Å². The zero-order valence-electron chi connectivity index (χ0n) is 6.51. The molecule has 0 atom stereocenters. The van der Waals surface area contributed by atoms with E-state index in [1.165, 1.54) is 19.2 Å². The Balaban J connectivity index is 3.31. The summed E-state index contributed by atoms with van der Waals surface area (Å²) in [5, 5.41) is 0.276. The van der Waals surface area contributed by atoms with Gasteiger partial charge in [-0.25, -0.2) is 4.39 Å². The zero-order valence-corrected chi connectivity index (χ0v) is 7.27. The van der Waals surface area contributed by atoms with E-state index in [0.29, 0.717) is 0 Å². The van der Waals surface area contributed by atoms with Gasteiger partial charge in [-0.15, -0.1) is 0 Å². The summed E-state index contributed by atoms with van der Waals surface area (Å²) in [6.07, 6.45) is 0. The summed E-state index contributed by atoms with van der Waals surface area (Å²) in [4.78, 5) is 3.65. The molecule has 1 aromatic carbocycles. The first-order valence-electron chi connectivity index (χ1n) is 3.33. The van der Waals surface area contributed by atoms with Crippen LogP contribution in [0, 0.1) is 5.82 Å². The normalized spacial score (nSPS) is 11.8. The quantitative estimate of drug-likeness (QED) is 0.527. The number of hydrogen-bond donors (Lipinski definition) is 1. The summed E-state index contributed by atoms with van der Waals surface area (Å²) in [5.74, 6) is -0.344. The van der Waals surface area contributed by atoms with E-state index in [-0.39, 0.29) is 16.4 Å². The number of halogens is 2. The average Bonchev–Trinajstić information content (AvgIpc) is 2.03. The van der Waals surface area contributed by atoms with Crippen LogP contribution >= 0.6 is 11.6 Å². The van der Waals surface area contributed by atoms with Crippen LogP contribution in [0.3, 0.4) is 0 Å². The summed E-state index contributed by atoms with van der Waals surface area (Å²) in [5.41, 5.74) is 5.59. The van der Waals surface area contributed by atoms with Gasteiger partial charge >= 0.3 is 0 Å². The van der Waals surface area contributed by atoms with Crippen LogP contribution in [-0.4, -0.2) is 12.9 Å². The Bertz CT molecular complexity index is 303. The average molecular weight is 187 g/mol. The van der Waals surface area contributed by atoms with Crippen molar-refractivity contribution in [1.29, 1.82) is 0 Å². The van der Waals surface area contributed by atoms with Crippen molar-refractivity contribution >= 4 is 17.4 Å². The fourth-order valence-corrected chi connectivity index (χ4v) is 1.11. The number of rotatable bonds is 1. The molecule has 0 saturated heterocycles. The minimum Gasteiger partial charge on any atom is -0.383 e. The van der Waals surface area contributed by atoms with Gasteiger partial charge in [0.15, 0.2) is 0 Å². The van der Waals surface area contributed by atoms with Gasteiger partial charge in [-0.3, -0.25) is 4.99 Å². The molecule has 2 nitrogen and oxygen atoms in total. The molecule has 64 valence electrons. The van der Waals surface area contributed by atoms with Crippen molar-refractivity contribution in [2.75, 3.05) is 7.05 Å². The molecule has 0 aliphatic carbocycles. The van der Waals surface area contributed by atoms with E-state index in [1.54, 1.807) is 6.07 Å². The Morgan fingerprint density at radius 2 is 2.25 bits per heavy atom. The molecule has 1 rings (SSSR count). The number of aliphatic imine (C=N–C) groups is 1. The lowest BCUT2D eigenvalue weighted by atomic mass is 10.2. The van der Waals surface area contributed by atoms with E-state index in [1.807, 2.05) is 0 Å². The first-order valence-corrected chi connectivity index (χ1v) is 3.71. The highest BCUT2D eigenvalue weighted by Crippen LogP contribution is 2.18. The van der Waals surface area contributed by atoms with Gasteiger partial charge in [-0.1, -0.05) is 17.7 Å². The van der Waals surface area contributed by atoms with Gasteiger partial charge in [0.1, 0.15) is 11.7 Å². The Labute approximate surface area is 74.9 Å². The molecular formula is C8H8ClFN2. The first-order chi connectivity index (χ1) is 5.66. The Hall–Kier alpha value is -1.09. The van der Waals surface area contributed by atoms with Crippen LogP contribution in [0.4, 0.5) is 4.39 Å². The maximum absolute atomic E-state index is 13.0. The monoisotopic (exact) mass is 186 g/mol. The van der Waals surface area contributed by atoms with Crippen molar-refractivity contribution in [3.05, 3.63) is 34.6 Å². The molecule has 0 heterocycles. The van der Waals surface area contributed by atoms with Crippen LogP contribution in [0.5, 0.6) is 0 Å². The van der Waals surface area contributed by atoms with E-state index < -0.39 is 5.82 Å². The SMILES string of the molecule is CN=C(N)c1c(F)cccc1Cl. The van der Waals surface area contributed by atoms with Crippen molar-refractivity contribution in [3.63, 3.8) is 0 Å². The summed E-state index contributed by atoms with van der Waals surface area (Å²) < 4.78 is 13.0. The Morgan fingerprint density at radius 3 is 2.75 bits per heavy atom. The highest BCUT2D eigenvalue weighted by molar-refractivity contribution is 6.34. The van der Waals surface area contributed by atoms with Crippen molar-refractivity contribution in [3.8, 4) is 0 Å². The summed E-state index contributed by atoms with van der Waals surface area (Å²) in [6, 6.07) is 4.38. The molecule has 0 amide bonds. The second-order valence-electron chi connectivity index (χ2n) is 2.21. The van der Waals surface area contributed by atoms with Gasteiger partial charge in [0, 0.05) is 7.05 Å². The van der Waals surface area contributed by atoms with Gasteiger partial charge in [0.2, 0.25) is 0 Å². The summed E-state index contributed by atoms with van der Waals surface area (Å²) >= 11 is 5.70. The van der Waals surface area contributed by atoms with Gasteiger partial charge < -0.3 is 5.73 Å². The minimum atomic E-state index is -0.453. The third-order valence-corrected chi connectivity index (χ3v) is 1.77. The van der Waals surface area contributed by atoms with E-state index in [4.69, 9.17) is 17.3 Å². The topological polar surface area (TPSA) is 38.4 Å². The second-order valence-corrected chi connectivity index (χ2v) is 2.61. The minimum absolute atomic E-state index is 0.109. The largest absolute Gasteiger partial charge is 0.383 e. The standard InChI is InChI=1S/C8H8ClFN2/c1-12-8(11)7-5(9)3-2-4-6(7)10/h2-4H,1H3,(H2,11,12). The van der Waals surface area contributed by atoms with Crippen molar-refractivity contribution in [2.24, 2.45) is 10.7 Å². The fourth-order valence-electron chi connectivity index (χ4n) is 0.854. The van der Waals surface area contributed by atoms with Gasteiger partial charge in [0.05, 0.1) is 10.6 Å². The first kappa shape index (κ1) is 9.00. The smallest absolute Gasteiger partial charge is 0.135 e. The van der Waals surface area contributed by atoms with Crippen LogP contribution in [0.15, 0.2) is 23.2 Å². The van der Waals surface area contributed by atoms with Crippen LogP contribution < -0.4 is 5.73 Å². The summed E-state index contributed by atoms with van der Waals surface area (Å²) in [6.45, 7) is 0.